The van der Waals surface area contributed by atoms with Crippen molar-refractivity contribution < 1.29 is 9.53 Å². The maximum absolute atomic E-state index is 11.4. The molecule has 1 heterocycles. The monoisotopic (exact) mass is 227 g/mol. The summed E-state index contributed by atoms with van der Waals surface area (Å²) in [4.78, 5) is 11.4. The highest BCUT2D eigenvalue weighted by Crippen LogP contribution is 2.32. The van der Waals surface area contributed by atoms with Gasteiger partial charge < -0.3 is 10.1 Å². The fraction of sp³-hybridized carbons (Fsp3) is 0.214. The molecule has 0 saturated carbocycles. The minimum Gasteiger partial charge on any atom is -0.439 e. The van der Waals surface area contributed by atoms with Gasteiger partial charge in [0, 0.05) is 5.92 Å². The molecule has 0 unspecified atom stereocenters. The van der Waals surface area contributed by atoms with Crippen LogP contribution >= 0.6 is 0 Å². The Bertz CT molecular complexity index is 466. The summed E-state index contributed by atoms with van der Waals surface area (Å²) in [5, 5.41) is 2.88. The van der Waals surface area contributed by atoms with Gasteiger partial charge >= 0.3 is 6.09 Å². The summed E-state index contributed by atoms with van der Waals surface area (Å²) in [6.45, 7) is 0. The summed E-state index contributed by atoms with van der Waals surface area (Å²) in [6, 6.07) is 9.83. The van der Waals surface area contributed by atoms with Gasteiger partial charge in [-0.25, -0.2) is 4.79 Å². The first-order valence-electron chi connectivity index (χ1n) is 5.72. The van der Waals surface area contributed by atoms with E-state index in [1.54, 1.807) is 0 Å². The first kappa shape index (κ1) is 10.1. The first-order valence-corrected chi connectivity index (χ1v) is 5.72. The number of benzene rings is 1. The van der Waals surface area contributed by atoms with E-state index in [0.29, 0.717) is 0 Å². The molecule has 86 valence electrons. The zero-order valence-electron chi connectivity index (χ0n) is 9.24. The van der Waals surface area contributed by atoms with Crippen LogP contribution in [0.4, 0.5) is 4.79 Å². The Morgan fingerprint density at radius 2 is 1.76 bits per heavy atom. The van der Waals surface area contributed by atoms with Gasteiger partial charge in [0.1, 0.15) is 6.10 Å². The van der Waals surface area contributed by atoms with Gasteiger partial charge in [0.05, 0.1) is 6.04 Å². The van der Waals surface area contributed by atoms with Crippen LogP contribution in [-0.4, -0.2) is 12.1 Å². The molecular weight excluding hydrogens is 214 g/mol. The number of hydrogen-bond donors (Lipinski definition) is 1. The molecular formula is C14H13NO2. The number of carbonyl (C=O) groups is 1. The van der Waals surface area contributed by atoms with Crippen molar-refractivity contribution in [3.8, 4) is 0 Å². The number of alkyl carbamates (subject to hydrolysis) is 1. The van der Waals surface area contributed by atoms with E-state index in [0.717, 1.165) is 5.56 Å². The van der Waals surface area contributed by atoms with Crippen molar-refractivity contribution in [2.24, 2.45) is 5.92 Å². The molecule has 0 bridgehead atoms. The number of hydrogen-bond acceptors (Lipinski definition) is 2. The predicted octanol–water partition coefficient (Wildman–Crippen LogP) is 2.58. The van der Waals surface area contributed by atoms with Crippen LogP contribution in [0.15, 0.2) is 54.6 Å². The third kappa shape index (κ3) is 1.84. The Balaban J connectivity index is 1.89. The largest absolute Gasteiger partial charge is 0.439 e. The SMILES string of the molecule is O=C1N[C@@H](C2C=CC=C2)[C@H](c2ccccc2)O1. The number of allylic oxidation sites excluding steroid dienone is 2. The Kier molecular flexibility index (Phi) is 2.44. The quantitative estimate of drug-likeness (QED) is 0.843. The molecule has 2 aliphatic rings. The van der Waals surface area contributed by atoms with Crippen molar-refractivity contribution >= 4 is 6.09 Å². The van der Waals surface area contributed by atoms with Crippen LogP contribution in [-0.2, 0) is 4.74 Å². The molecule has 3 rings (SSSR count). The van der Waals surface area contributed by atoms with Gasteiger partial charge in [-0.1, -0.05) is 54.6 Å². The van der Waals surface area contributed by atoms with Crippen LogP contribution in [0.3, 0.4) is 0 Å². The fourth-order valence-electron chi connectivity index (χ4n) is 2.34. The van der Waals surface area contributed by atoms with Gasteiger partial charge in [-0.3, -0.25) is 0 Å². The predicted molar refractivity (Wildman–Crippen MR) is 64.4 cm³/mol. The summed E-state index contributed by atoms with van der Waals surface area (Å²) in [7, 11) is 0. The highest BCUT2D eigenvalue weighted by Gasteiger charge is 2.38. The third-order valence-corrected chi connectivity index (χ3v) is 3.17. The zero-order valence-corrected chi connectivity index (χ0v) is 9.24. The van der Waals surface area contributed by atoms with Crippen LogP contribution in [0.1, 0.15) is 11.7 Å². The van der Waals surface area contributed by atoms with E-state index in [1.807, 2.05) is 42.5 Å². The Hall–Kier alpha value is -2.03. The average molecular weight is 227 g/mol. The second-order valence-corrected chi connectivity index (χ2v) is 4.25. The molecule has 1 aromatic carbocycles. The van der Waals surface area contributed by atoms with Crippen LogP contribution in [0.2, 0.25) is 0 Å². The van der Waals surface area contributed by atoms with E-state index in [2.05, 4.69) is 17.5 Å². The van der Waals surface area contributed by atoms with Crippen molar-refractivity contribution in [2.45, 2.75) is 12.1 Å². The highest BCUT2D eigenvalue weighted by atomic mass is 16.6. The molecule has 1 amide bonds. The van der Waals surface area contributed by atoms with E-state index < -0.39 is 0 Å². The first-order chi connectivity index (χ1) is 8.34. The molecule has 1 aromatic rings. The third-order valence-electron chi connectivity index (χ3n) is 3.17. The van der Waals surface area contributed by atoms with Crippen LogP contribution < -0.4 is 5.32 Å². The summed E-state index contributed by atoms with van der Waals surface area (Å²) in [5.74, 6) is 0.214. The van der Waals surface area contributed by atoms with E-state index in [9.17, 15) is 4.79 Å². The van der Waals surface area contributed by atoms with Crippen LogP contribution in [0, 0.1) is 5.92 Å². The molecule has 0 spiro atoms. The van der Waals surface area contributed by atoms with Crippen molar-refractivity contribution in [3.63, 3.8) is 0 Å². The number of cyclic esters (lactones) is 1. The van der Waals surface area contributed by atoms with Gasteiger partial charge in [0.25, 0.3) is 0 Å². The lowest BCUT2D eigenvalue weighted by atomic mass is 9.93. The molecule has 3 heteroatoms. The molecule has 17 heavy (non-hydrogen) atoms. The summed E-state index contributed by atoms with van der Waals surface area (Å²) >= 11 is 0. The number of ether oxygens (including phenoxy) is 1. The van der Waals surface area contributed by atoms with E-state index in [-0.39, 0.29) is 24.2 Å². The normalized spacial score (nSPS) is 27.2. The van der Waals surface area contributed by atoms with E-state index in [1.165, 1.54) is 0 Å². The van der Waals surface area contributed by atoms with Crippen molar-refractivity contribution in [1.29, 1.82) is 0 Å². The second kappa shape index (κ2) is 4.09. The maximum Gasteiger partial charge on any atom is 0.408 e. The maximum atomic E-state index is 11.4. The Morgan fingerprint density at radius 3 is 2.47 bits per heavy atom. The van der Waals surface area contributed by atoms with Crippen LogP contribution in [0.25, 0.3) is 0 Å². The number of nitrogens with one attached hydrogen (secondary N) is 1. The highest BCUT2D eigenvalue weighted by molar-refractivity contribution is 5.71. The molecule has 2 atom stereocenters. The summed E-state index contributed by atoms with van der Waals surface area (Å²) < 4.78 is 5.35. The Morgan fingerprint density at radius 1 is 1.06 bits per heavy atom. The van der Waals surface area contributed by atoms with E-state index in [4.69, 9.17) is 4.74 Å². The number of carbonyl (C=O) groups excluding carboxylic acids is 1. The lowest BCUT2D eigenvalue weighted by molar-refractivity contribution is 0.129. The topological polar surface area (TPSA) is 38.3 Å². The minimum atomic E-state index is -0.336. The molecule has 1 aliphatic carbocycles. The molecule has 3 nitrogen and oxygen atoms in total. The molecule has 0 radical (unpaired) electrons. The summed E-state index contributed by atoms with van der Waals surface area (Å²) in [5.41, 5.74) is 1.03. The fourth-order valence-corrected chi connectivity index (χ4v) is 2.34. The van der Waals surface area contributed by atoms with Gasteiger partial charge in [-0.15, -0.1) is 0 Å². The van der Waals surface area contributed by atoms with Gasteiger partial charge in [-0.05, 0) is 5.56 Å². The standard InChI is InChI=1S/C14H13NO2/c16-14-15-12(10-6-4-5-7-10)13(17-14)11-8-2-1-3-9-11/h1-10,12-13H,(H,15,16)/t12-,13-/m0/s1. The molecule has 0 aromatic heterocycles. The molecule has 1 saturated heterocycles. The zero-order chi connectivity index (χ0) is 11.7. The van der Waals surface area contributed by atoms with E-state index >= 15 is 0 Å². The van der Waals surface area contributed by atoms with Gasteiger partial charge in [0.15, 0.2) is 0 Å². The molecule has 1 aliphatic heterocycles. The smallest absolute Gasteiger partial charge is 0.408 e. The number of rotatable bonds is 2. The van der Waals surface area contributed by atoms with Crippen molar-refractivity contribution in [1.82, 2.24) is 5.32 Å². The Labute approximate surface area is 99.8 Å². The average Bonchev–Trinajstić information content (AvgIpc) is 2.98. The minimum absolute atomic E-state index is 0.0140. The van der Waals surface area contributed by atoms with Gasteiger partial charge in [0.2, 0.25) is 0 Å². The molecule has 1 fully saturated rings. The van der Waals surface area contributed by atoms with Crippen LogP contribution in [0.5, 0.6) is 0 Å². The lowest BCUT2D eigenvalue weighted by Crippen LogP contribution is -2.33. The van der Waals surface area contributed by atoms with Crippen molar-refractivity contribution in [2.75, 3.05) is 0 Å². The lowest BCUT2D eigenvalue weighted by Gasteiger charge is -2.20. The van der Waals surface area contributed by atoms with Crippen molar-refractivity contribution in [3.05, 3.63) is 60.2 Å². The summed E-state index contributed by atoms with van der Waals surface area (Å²) in [6.07, 6.45) is 7.61. The second-order valence-electron chi connectivity index (χ2n) is 4.25. The van der Waals surface area contributed by atoms with Gasteiger partial charge in [-0.2, -0.15) is 0 Å². The number of amides is 1. The molecule has 1 N–H and O–H groups in total.